The average Bonchev–Trinajstić information content (AvgIpc) is 3.02. The molecule has 0 amide bonds. The molecule has 0 radical (unpaired) electrons. The Morgan fingerprint density at radius 3 is 2.42 bits per heavy atom. The molecule has 0 saturated heterocycles. The monoisotopic (exact) mass is 390 g/mol. The highest BCUT2D eigenvalue weighted by molar-refractivity contribution is 7.92. The molecule has 0 atom stereocenters. The number of nitrogens with one attached hydrogen (secondary N) is 1. The van der Waals surface area contributed by atoms with Gasteiger partial charge in [-0.3, -0.25) is 4.72 Å². The highest BCUT2D eigenvalue weighted by Gasteiger charge is 2.14. The molecule has 3 rings (SSSR count). The van der Waals surface area contributed by atoms with Crippen molar-refractivity contribution < 1.29 is 13.2 Å². The predicted molar refractivity (Wildman–Crippen MR) is 102 cm³/mol. The molecule has 3 N–H and O–H groups in total. The van der Waals surface area contributed by atoms with Crippen LogP contribution in [0.2, 0.25) is 0 Å². The standard InChI is InChI=1S/C17H18N4O3S2/c1-11-3-4-13(9-12(11)2)21-26(22,23)15-7-5-14(6-8-15)24-10-16-19-20-17(18)25-16/h3-9,21H,10H2,1-2H3,(H2,18,20). The Bertz CT molecular complexity index is 1010. The summed E-state index contributed by atoms with van der Waals surface area (Å²) in [4.78, 5) is 0.156. The van der Waals surface area contributed by atoms with Crippen LogP contribution in [0.4, 0.5) is 10.8 Å². The van der Waals surface area contributed by atoms with Crippen LogP contribution in [0, 0.1) is 13.8 Å². The zero-order valence-electron chi connectivity index (χ0n) is 14.3. The lowest BCUT2D eigenvalue weighted by Gasteiger charge is -2.10. The lowest BCUT2D eigenvalue weighted by Crippen LogP contribution is -2.13. The fourth-order valence-electron chi connectivity index (χ4n) is 2.20. The van der Waals surface area contributed by atoms with Crippen LogP contribution in [-0.2, 0) is 16.6 Å². The van der Waals surface area contributed by atoms with Gasteiger partial charge in [0.25, 0.3) is 10.0 Å². The van der Waals surface area contributed by atoms with E-state index in [4.69, 9.17) is 10.5 Å². The molecule has 7 nitrogen and oxygen atoms in total. The molecule has 0 aliphatic heterocycles. The maximum atomic E-state index is 12.5. The number of ether oxygens (including phenoxy) is 1. The maximum Gasteiger partial charge on any atom is 0.261 e. The van der Waals surface area contributed by atoms with E-state index < -0.39 is 10.0 Å². The number of rotatable bonds is 6. The van der Waals surface area contributed by atoms with Gasteiger partial charge < -0.3 is 10.5 Å². The number of nitrogens with two attached hydrogens (primary N) is 1. The van der Waals surface area contributed by atoms with Crippen LogP contribution >= 0.6 is 11.3 Å². The van der Waals surface area contributed by atoms with Crippen molar-refractivity contribution in [1.82, 2.24) is 10.2 Å². The summed E-state index contributed by atoms with van der Waals surface area (Å²) < 4.78 is 33.2. The van der Waals surface area contributed by atoms with Gasteiger partial charge >= 0.3 is 0 Å². The number of benzene rings is 2. The summed E-state index contributed by atoms with van der Waals surface area (Å²) in [7, 11) is -3.67. The highest BCUT2D eigenvalue weighted by atomic mass is 32.2. The van der Waals surface area contributed by atoms with E-state index in [-0.39, 0.29) is 11.5 Å². The number of sulfonamides is 1. The first-order valence-corrected chi connectivity index (χ1v) is 10.0. The third kappa shape index (κ3) is 4.30. The van der Waals surface area contributed by atoms with Gasteiger partial charge in [-0.15, -0.1) is 10.2 Å². The van der Waals surface area contributed by atoms with Crippen molar-refractivity contribution in [3.8, 4) is 5.75 Å². The smallest absolute Gasteiger partial charge is 0.261 e. The van der Waals surface area contributed by atoms with E-state index in [1.807, 2.05) is 19.9 Å². The second-order valence-corrected chi connectivity index (χ2v) is 8.47. The molecule has 3 aromatic rings. The van der Waals surface area contributed by atoms with Gasteiger partial charge in [-0.2, -0.15) is 0 Å². The van der Waals surface area contributed by atoms with Gasteiger partial charge in [0.1, 0.15) is 12.4 Å². The van der Waals surface area contributed by atoms with Crippen LogP contribution in [0.25, 0.3) is 0 Å². The number of aryl methyl sites for hydroxylation is 2. The minimum atomic E-state index is -3.67. The number of hydrogen-bond acceptors (Lipinski definition) is 7. The van der Waals surface area contributed by atoms with Crippen molar-refractivity contribution in [2.45, 2.75) is 25.3 Å². The van der Waals surface area contributed by atoms with Crippen LogP contribution in [0.3, 0.4) is 0 Å². The van der Waals surface area contributed by atoms with E-state index in [0.29, 0.717) is 21.6 Å². The van der Waals surface area contributed by atoms with E-state index in [1.165, 1.54) is 23.5 Å². The van der Waals surface area contributed by atoms with E-state index in [9.17, 15) is 8.42 Å². The largest absolute Gasteiger partial charge is 0.486 e. The lowest BCUT2D eigenvalue weighted by molar-refractivity contribution is 0.304. The summed E-state index contributed by atoms with van der Waals surface area (Å²) in [5, 5.41) is 8.59. The van der Waals surface area contributed by atoms with Crippen molar-refractivity contribution in [1.29, 1.82) is 0 Å². The van der Waals surface area contributed by atoms with Gasteiger partial charge in [-0.1, -0.05) is 17.4 Å². The Morgan fingerprint density at radius 2 is 1.81 bits per heavy atom. The third-order valence-corrected chi connectivity index (χ3v) is 5.86. The van der Waals surface area contributed by atoms with E-state index in [0.717, 1.165) is 11.1 Å². The van der Waals surface area contributed by atoms with Gasteiger partial charge in [0.05, 0.1) is 4.90 Å². The quantitative estimate of drug-likeness (QED) is 0.670. The van der Waals surface area contributed by atoms with Gasteiger partial charge in [0, 0.05) is 5.69 Å². The van der Waals surface area contributed by atoms with E-state index in [2.05, 4.69) is 14.9 Å². The van der Waals surface area contributed by atoms with Gasteiger partial charge in [0.2, 0.25) is 5.13 Å². The van der Waals surface area contributed by atoms with Crippen LogP contribution in [0.15, 0.2) is 47.4 Å². The Kier molecular flexibility index (Phi) is 5.10. The van der Waals surface area contributed by atoms with Crippen molar-refractivity contribution >= 4 is 32.2 Å². The summed E-state index contributed by atoms with van der Waals surface area (Å²) in [6, 6.07) is 11.6. The number of nitrogens with zero attached hydrogens (tertiary/aromatic N) is 2. The summed E-state index contributed by atoms with van der Waals surface area (Å²) in [6.07, 6.45) is 0. The molecule has 0 aliphatic rings. The molecule has 1 aromatic heterocycles. The van der Waals surface area contributed by atoms with Gasteiger partial charge in [-0.05, 0) is 61.4 Å². The number of hydrogen-bond donors (Lipinski definition) is 2. The molecular formula is C17H18N4O3S2. The number of anilines is 2. The zero-order chi connectivity index (χ0) is 18.7. The maximum absolute atomic E-state index is 12.5. The molecule has 26 heavy (non-hydrogen) atoms. The Balaban J connectivity index is 1.69. The Hall–Kier alpha value is -2.65. The molecule has 0 aliphatic carbocycles. The summed E-state index contributed by atoms with van der Waals surface area (Å²) in [5.41, 5.74) is 8.16. The SMILES string of the molecule is Cc1ccc(NS(=O)(=O)c2ccc(OCc3nnc(N)s3)cc2)cc1C. The zero-order valence-corrected chi connectivity index (χ0v) is 15.9. The van der Waals surface area contributed by atoms with Crippen LogP contribution in [-0.4, -0.2) is 18.6 Å². The van der Waals surface area contributed by atoms with Crippen LogP contribution in [0.5, 0.6) is 5.75 Å². The minimum absolute atomic E-state index is 0.156. The second kappa shape index (κ2) is 7.30. The van der Waals surface area contributed by atoms with Crippen LogP contribution in [0.1, 0.15) is 16.1 Å². The summed E-state index contributed by atoms with van der Waals surface area (Å²) in [5.74, 6) is 0.531. The van der Waals surface area contributed by atoms with Gasteiger partial charge in [0.15, 0.2) is 5.01 Å². The van der Waals surface area contributed by atoms with Crippen molar-refractivity contribution in [3.63, 3.8) is 0 Å². The molecule has 0 unspecified atom stereocenters. The number of aromatic nitrogens is 2. The van der Waals surface area contributed by atoms with Crippen molar-refractivity contribution in [3.05, 3.63) is 58.6 Å². The van der Waals surface area contributed by atoms with Crippen molar-refractivity contribution in [2.24, 2.45) is 0 Å². The molecule has 0 bridgehead atoms. The first-order chi connectivity index (χ1) is 12.3. The second-order valence-electron chi connectivity index (χ2n) is 5.70. The fraction of sp³-hybridized carbons (Fsp3) is 0.176. The Labute approximate surface area is 155 Å². The third-order valence-electron chi connectivity index (χ3n) is 3.74. The van der Waals surface area contributed by atoms with Crippen molar-refractivity contribution in [2.75, 3.05) is 10.5 Å². The molecule has 9 heteroatoms. The summed E-state index contributed by atoms with van der Waals surface area (Å²) in [6.45, 7) is 4.13. The molecule has 0 fully saturated rings. The fourth-order valence-corrected chi connectivity index (χ4v) is 3.78. The lowest BCUT2D eigenvalue weighted by atomic mass is 10.1. The molecule has 2 aromatic carbocycles. The topological polar surface area (TPSA) is 107 Å². The predicted octanol–water partition coefficient (Wildman–Crippen LogP) is 3.12. The minimum Gasteiger partial charge on any atom is -0.486 e. The molecule has 0 saturated carbocycles. The highest BCUT2D eigenvalue weighted by Crippen LogP contribution is 2.22. The average molecular weight is 390 g/mol. The van der Waals surface area contributed by atoms with E-state index in [1.54, 1.807) is 24.3 Å². The molecular weight excluding hydrogens is 372 g/mol. The molecule has 136 valence electrons. The first-order valence-electron chi connectivity index (χ1n) is 7.74. The van der Waals surface area contributed by atoms with E-state index >= 15 is 0 Å². The Morgan fingerprint density at radius 1 is 1.08 bits per heavy atom. The van der Waals surface area contributed by atoms with Crippen LogP contribution < -0.4 is 15.2 Å². The number of nitrogen functional groups attached to an aromatic ring is 1. The normalized spacial score (nSPS) is 11.3. The van der Waals surface area contributed by atoms with Gasteiger partial charge in [-0.25, -0.2) is 8.42 Å². The summed E-state index contributed by atoms with van der Waals surface area (Å²) >= 11 is 1.24. The molecule has 1 heterocycles. The first kappa shape index (κ1) is 18.2. The molecule has 0 spiro atoms.